The van der Waals surface area contributed by atoms with Crippen molar-refractivity contribution in [2.45, 2.75) is 13.8 Å². The molecule has 1 saturated heterocycles. The monoisotopic (exact) mass is 386 g/mol. The second-order valence-electron chi connectivity index (χ2n) is 5.89. The maximum absolute atomic E-state index is 12.3. The average molecular weight is 387 g/mol. The normalized spacial score (nSPS) is 15.1. The summed E-state index contributed by atoms with van der Waals surface area (Å²) in [5.74, 6) is 0.138. The molecular weight excluding hydrogens is 363 g/mol. The van der Waals surface area contributed by atoms with Crippen molar-refractivity contribution in [3.05, 3.63) is 28.2 Å². The van der Waals surface area contributed by atoms with Gasteiger partial charge >= 0.3 is 6.03 Å². The summed E-state index contributed by atoms with van der Waals surface area (Å²) >= 11 is 11.8. The van der Waals surface area contributed by atoms with Gasteiger partial charge in [-0.2, -0.15) is 0 Å². The predicted molar refractivity (Wildman–Crippen MR) is 101 cm³/mol. The van der Waals surface area contributed by atoms with Gasteiger partial charge in [0.15, 0.2) is 0 Å². The highest BCUT2D eigenvalue weighted by molar-refractivity contribution is 6.42. The summed E-state index contributed by atoms with van der Waals surface area (Å²) in [4.78, 5) is 30.1. The minimum atomic E-state index is -0.173. The van der Waals surface area contributed by atoms with Gasteiger partial charge in [0, 0.05) is 45.0 Å². The maximum atomic E-state index is 12.3. The van der Waals surface area contributed by atoms with Gasteiger partial charge in [0.2, 0.25) is 5.91 Å². The number of halogens is 2. The predicted octanol–water partition coefficient (Wildman–Crippen LogP) is 3.01. The SMILES string of the molecule is CCN(CC)C(=O)CN1CCN(C(=O)Nc2ccc(Cl)c(Cl)c2)CC1. The number of hydrogen-bond acceptors (Lipinski definition) is 3. The molecule has 1 aliphatic heterocycles. The van der Waals surface area contributed by atoms with Crippen LogP contribution in [-0.2, 0) is 4.79 Å². The molecule has 1 aromatic carbocycles. The quantitative estimate of drug-likeness (QED) is 0.845. The lowest BCUT2D eigenvalue weighted by atomic mass is 10.3. The summed E-state index contributed by atoms with van der Waals surface area (Å²) < 4.78 is 0. The molecule has 1 N–H and O–H groups in total. The van der Waals surface area contributed by atoms with E-state index >= 15 is 0 Å². The van der Waals surface area contributed by atoms with Crippen LogP contribution >= 0.6 is 23.2 Å². The van der Waals surface area contributed by atoms with Gasteiger partial charge in [-0.3, -0.25) is 9.69 Å². The largest absolute Gasteiger partial charge is 0.342 e. The molecule has 0 bridgehead atoms. The van der Waals surface area contributed by atoms with Crippen LogP contribution in [0.3, 0.4) is 0 Å². The molecule has 25 heavy (non-hydrogen) atoms. The molecule has 0 saturated carbocycles. The standard InChI is InChI=1S/C17H24Cl2N4O2/c1-3-22(4-2)16(24)12-21-7-9-23(10-8-21)17(25)20-13-5-6-14(18)15(19)11-13/h5-6,11H,3-4,7-10,12H2,1-2H3,(H,20,25). The third-order valence-corrected chi connectivity index (χ3v) is 5.04. The zero-order chi connectivity index (χ0) is 18.4. The second-order valence-corrected chi connectivity index (χ2v) is 6.70. The topological polar surface area (TPSA) is 55.9 Å². The Bertz CT molecular complexity index is 615. The van der Waals surface area contributed by atoms with Crippen molar-refractivity contribution in [3.63, 3.8) is 0 Å². The fourth-order valence-electron chi connectivity index (χ4n) is 2.75. The molecule has 1 fully saturated rings. The van der Waals surface area contributed by atoms with E-state index in [9.17, 15) is 9.59 Å². The Labute approximate surface area is 158 Å². The lowest BCUT2D eigenvalue weighted by Crippen LogP contribution is -2.52. The van der Waals surface area contributed by atoms with Gasteiger partial charge in [0.25, 0.3) is 0 Å². The third kappa shape index (κ3) is 5.49. The highest BCUT2D eigenvalue weighted by Gasteiger charge is 2.23. The van der Waals surface area contributed by atoms with Gasteiger partial charge in [-0.25, -0.2) is 4.79 Å². The molecule has 6 nitrogen and oxygen atoms in total. The number of carbonyl (C=O) groups excluding carboxylic acids is 2. The molecule has 0 aliphatic carbocycles. The third-order valence-electron chi connectivity index (χ3n) is 4.31. The summed E-state index contributed by atoms with van der Waals surface area (Å²) in [5, 5.41) is 3.67. The van der Waals surface area contributed by atoms with Crippen molar-refractivity contribution >= 4 is 40.8 Å². The molecule has 1 aliphatic rings. The highest BCUT2D eigenvalue weighted by Crippen LogP contribution is 2.25. The van der Waals surface area contributed by atoms with Crippen LogP contribution in [0.2, 0.25) is 10.0 Å². The Morgan fingerprint density at radius 2 is 1.72 bits per heavy atom. The number of hydrogen-bond donors (Lipinski definition) is 1. The molecule has 2 rings (SSSR count). The Hall–Kier alpha value is -1.50. The van der Waals surface area contributed by atoms with Crippen LogP contribution in [0.15, 0.2) is 18.2 Å². The van der Waals surface area contributed by atoms with E-state index in [0.29, 0.717) is 48.5 Å². The Morgan fingerprint density at radius 1 is 1.08 bits per heavy atom. The fraction of sp³-hybridized carbons (Fsp3) is 0.529. The van der Waals surface area contributed by atoms with E-state index < -0.39 is 0 Å². The molecule has 8 heteroatoms. The lowest BCUT2D eigenvalue weighted by Gasteiger charge is -2.35. The molecule has 0 atom stereocenters. The highest BCUT2D eigenvalue weighted by atomic mass is 35.5. The molecular formula is C17H24Cl2N4O2. The Morgan fingerprint density at radius 3 is 2.28 bits per heavy atom. The van der Waals surface area contributed by atoms with Crippen LogP contribution in [-0.4, -0.2) is 72.5 Å². The number of nitrogens with zero attached hydrogens (tertiary/aromatic N) is 3. The van der Waals surface area contributed by atoms with Gasteiger partial charge in [0.1, 0.15) is 0 Å². The lowest BCUT2D eigenvalue weighted by molar-refractivity contribution is -0.132. The molecule has 138 valence electrons. The number of anilines is 1. The summed E-state index contributed by atoms with van der Waals surface area (Å²) in [6.07, 6.45) is 0. The fourth-order valence-corrected chi connectivity index (χ4v) is 3.05. The van der Waals surface area contributed by atoms with Crippen LogP contribution in [0.25, 0.3) is 0 Å². The van der Waals surface area contributed by atoms with E-state index in [1.807, 2.05) is 18.7 Å². The molecule has 0 unspecified atom stereocenters. The summed E-state index contributed by atoms with van der Waals surface area (Å²) in [6, 6.07) is 4.82. The minimum Gasteiger partial charge on any atom is -0.342 e. The van der Waals surface area contributed by atoms with Crippen LogP contribution in [0.1, 0.15) is 13.8 Å². The van der Waals surface area contributed by atoms with Crippen LogP contribution < -0.4 is 5.32 Å². The maximum Gasteiger partial charge on any atom is 0.321 e. The summed E-state index contributed by atoms with van der Waals surface area (Å²) in [6.45, 7) is 8.34. The summed E-state index contributed by atoms with van der Waals surface area (Å²) in [5.41, 5.74) is 0.610. The number of nitrogens with one attached hydrogen (secondary N) is 1. The average Bonchev–Trinajstić information content (AvgIpc) is 2.60. The number of carbonyl (C=O) groups is 2. The number of amides is 3. The molecule has 1 heterocycles. The first-order chi connectivity index (χ1) is 11.9. The van der Waals surface area contributed by atoms with E-state index in [4.69, 9.17) is 23.2 Å². The molecule has 0 spiro atoms. The molecule has 1 aromatic rings. The van der Waals surface area contributed by atoms with Crippen molar-refractivity contribution in [2.24, 2.45) is 0 Å². The van der Waals surface area contributed by atoms with Gasteiger partial charge in [-0.1, -0.05) is 23.2 Å². The van der Waals surface area contributed by atoms with Crippen LogP contribution in [0, 0.1) is 0 Å². The van der Waals surface area contributed by atoms with Crippen LogP contribution in [0.5, 0.6) is 0 Å². The van der Waals surface area contributed by atoms with Gasteiger partial charge in [-0.15, -0.1) is 0 Å². The zero-order valence-corrected chi connectivity index (χ0v) is 16.1. The van der Waals surface area contributed by atoms with Gasteiger partial charge in [0.05, 0.1) is 16.6 Å². The molecule has 3 amide bonds. The zero-order valence-electron chi connectivity index (χ0n) is 14.6. The van der Waals surface area contributed by atoms with Gasteiger partial charge in [-0.05, 0) is 32.0 Å². The number of rotatable bonds is 5. The number of piperazine rings is 1. The van der Waals surface area contributed by atoms with E-state index in [1.165, 1.54) is 0 Å². The van der Waals surface area contributed by atoms with E-state index in [2.05, 4.69) is 10.2 Å². The number of likely N-dealkylation sites (N-methyl/N-ethyl adjacent to an activating group) is 1. The van der Waals surface area contributed by atoms with E-state index in [1.54, 1.807) is 23.1 Å². The first-order valence-electron chi connectivity index (χ1n) is 8.45. The number of urea groups is 1. The van der Waals surface area contributed by atoms with Gasteiger partial charge < -0.3 is 15.1 Å². The van der Waals surface area contributed by atoms with Crippen LogP contribution in [0.4, 0.5) is 10.5 Å². The van der Waals surface area contributed by atoms with Crippen molar-refractivity contribution < 1.29 is 9.59 Å². The Kier molecular flexibility index (Phi) is 7.35. The summed E-state index contributed by atoms with van der Waals surface area (Å²) in [7, 11) is 0. The van der Waals surface area contributed by atoms with E-state index in [-0.39, 0.29) is 11.9 Å². The molecule has 0 radical (unpaired) electrons. The molecule has 0 aromatic heterocycles. The van der Waals surface area contributed by atoms with E-state index in [0.717, 1.165) is 13.1 Å². The van der Waals surface area contributed by atoms with Crippen molar-refractivity contribution in [1.29, 1.82) is 0 Å². The Balaban J connectivity index is 1.82. The first kappa shape index (κ1) is 19.8. The first-order valence-corrected chi connectivity index (χ1v) is 9.21. The second kappa shape index (κ2) is 9.27. The number of benzene rings is 1. The van der Waals surface area contributed by atoms with Crippen molar-refractivity contribution in [1.82, 2.24) is 14.7 Å². The van der Waals surface area contributed by atoms with Crippen molar-refractivity contribution in [3.8, 4) is 0 Å². The minimum absolute atomic E-state index is 0.138. The van der Waals surface area contributed by atoms with Crippen molar-refractivity contribution in [2.75, 3.05) is 51.1 Å². The smallest absolute Gasteiger partial charge is 0.321 e.